The van der Waals surface area contributed by atoms with Gasteiger partial charge < -0.3 is 15.7 Å². The number of anilines is 2. The van der Waals surface area contributed by atoms with Gasteiger partial charge in [-0.3, -0.25) is 4.79 Å². The summed E-state index contributed by atoms with van der Waals surface area (Å²) in [6.45, 7) is 1.58. The van der Waals surface area contributed by atoms with E-state index in [9.17, 15) is 9.18 Å². The van der Waals surface area contributed by atoms with Gasteiger partial charge in [-0.1, -0.05) is 23.7 Å². The fourth-order valence-corrected chi connectivity index (χ4v) is 2.07. The number of aliphatic hydroxyl groups is 1. The first-order valence-corrected chi connectivity index (χ1v) is 7.09. The maximum absolute atomic E-state index is 13.7. The lowest BCUT2D eigenvalue weighted by molar-refractivity contribution is -0.116. The highest BCUT2D eigenvalue weighted by Crippen LogP contribution is 2.19. The maximum Gasteiger partial charge on any atom is 0.246 e. The van der Waals surface area contributed by atoms with Crippen LogP contribution in [0.4, 0.5) is 15.8 Å². The summed E-state index contributed by atoms with van der Waals surface area (Å²) in [5, 5.41) is 14.9. The van der Waals surface area contributed by atoms with Crippen LogP contribution in [0.15, 0.2) is 42.5 Å². The summed E-state index contributed by atoms with van der Waals surface area (Å²) in [7, 11) is 0. The van der Waals surface area contributed by atoms with Crippen LogP contribution in [0.1, 0.15) is 12.5 Å². The molecule has 3 N–H and O–H groups in total. The van der Waals surface area contributed by atoms with Crippen molar-refractivity contribution < 1.29 is 14.3 Å². The Morgan fingerprint density at radius 3 is 2.77 bits per heavy atom. The van der Waals surface area contributed by atoms with Crippen molar-refractivity contribution in [1.82, 2.24) is 0 Å². The molecule has 0 saturated heterocycles. The molecule has 0 aliphatic heterocycles. The molecule has 2 rings (SSSR count). The van der Waals surface area contributed by atoms with E-state index in [-0.39, 0.29) is 23.2 Å². The number of aliphatic hydroxyl groups excluding tert-OH is 1. The highest BCUT2D eigenvalue weighted by molar-refractivity contribution is 6.30. The van der Waals surface area contributed by atoms with Crippen LogP contribution in [0.5, 0.6) is 0 Å². The number of hydrogen-bond acceptors (Lipinski definition) is 3. The molecule has 22 heavy (non-hydrogen) atoms. The lowest BCUT2D eigenvalue weighted by Gasteiger charge is -2.16. The number of halogens is 2. The number of nitrogens with one attached hydrogen (secondary N) is 2. The minimum Gasteiger partial charge on any atom is -0.392 e. The predicted molar refractivity (Wildman–Crippen MR) is 85.5 cm³/mol. The molecule has 0 bridgehead atoms. The van der Waals surface area contributed by atoms with E-state index in [1.54, 1.807) is 31.2 Å². The number of carbonyl (C=O) groups is 1. The lowest BCUT2D eigenvalue weighted by atomic mass is 10.2. The highest BCUT2D eigenvalue weighted by Gasteiger charge is 2.15. The molecule has 2 aromatic carbocycles. The second kappa shape index (κ2) is 7.24. The number of amides is 1. The van der Waals surface area contributed by atoms with Crippen LogP contribution in [0.25, 0.3) is 0 Å². The van der Waals surface area contributed by atoms with E-state index in [1.807, 2.05) is 0 Å². The first-order valence-electron chi connectivity index (χ1n) is 6.72. The summed E-state index contributed by atoms with van der Waals surface area (Å²) in [4.78, 5) is 12.1. The summed E-state index contributed by atoms with van der Waals surface area (Å²) in [6, 6.07) is 10.6. The zero-order chi connectivity index (χ0) is 16.1. The Hall–Kier alpha value is -2.11. The SMILES string of the molecule is CC(Nc1cccc(CO)c1)C(=O)Nc1ccc(Cl)cc1F. The second-order valence-corrected chi connectivity index (χ2v) is 5.27. The molecule has 0 aromatic heterocycles. The molecule has 6 heteroatoms. The maximum atomic E-state index is 13.7. The van der Waals surface area contributed by atoms with Gasteiger partial charge in [-0.05, 0) is 42.8 Å². The van der Waals surface area contributed by atoms with Crippen molar-refractivity contribution in [3.63, 3.8) is 0 Å². The normalized spacial score (nSPS) is 11.8. The van der Waals surface area contributed by atoms with Crippen LogP contribution in [0.2, 0.25) is 5.02 Å². The number of rotatable bonds is 5. The first-order chi connectivity index (χ1) is 10.5. The van der Waals surface area contributed by atoms with E-state index in [1.165, 1.54) is 12.1 Å². The molecule has 1 unspecified atom stereocenters. The third kappa shape index (κ3) is 4.19. The zero-order valence-electron chi connectivity index (χ0n) is 11.9. The van der Waals surface area contributed by atoms with Crippen LogP contribution in [0.3, 0.4) is 0 Å². The molecule has 0 aliphatic rings. The van der Waals surface area contributed by atoms with E-state index in [2.05, 4.69) is 10.6 Å². The van der Waals surface area contributed by atoms with Crippen molar-refractivity contribution in [2.24, 2.45) is 0 Å². The summed E-state index contributed by atoms with van der Waals surface area (Å²) in [5.74, 6) is -0.967. The standard InChI is InChI=1S/C16H16ClFN2O2/c1-10(19-13-4-2-3-11(7-13)9-21)16(22)20-15-6-5-12(17)8-14(15)18/h2-8,10,19,21H,9H2,1H3,(H,20,22). The molecule has 2 aromatic rings. The summed E-state index contributed by atoms with van der Waals surface area (Å²) >= 11 is 5.67. The monoisotopic (exact) mass is 322 g/mol. The van der Waals surface area contributed by atoms with Crippen molar-refractivity contribution in [3.8, 4) is 0 Å². The van der Waals surface area contributed by atoms with E-state index in [0.29, 0.717) is 5.69 Å². The van der Waals surface area contributed by atoms with Gasteiger partial charge in [0.15, 0.2) is 0 Å². The molecule has 1 atom stereocenters. The van der Waals surface area contributed by atoms with Gasteiger partial charge in [0.05, 0.1) is 12.3 Å². The Morgan fingerprint density at radius 1 is 1.32 bits per heavy atom. The molecule has 0 saturated carbocycles. The smallest absolute Gasteiger partial charge is 0.246 e. The average molecular weight is 323 g/mol. The van der Waals surface area contributed by atoms with Crippen LogP contribution in [0, 0.1) is 5.82 Å². The van der Waals surface area contributed by atoms with Crippen LogP contribution in [-0.2, 0) is 11.4 Å². The van der Waals surface area contributed by atoms with Crippen LogP contribution < -0.4 is 10.6 Å². The van der Waals surface area contributed by atoms with Gasteiger partial charge in [-0.2, -0.15) is 0 Å². The third-order valence-electron chi connectivity index (χ3n) is 3.08. The fraction of sp³-hybridized carbons (Fsp3) is 0.188. The van der Waals surface area contributed by atoms with Gasteiger partial charge in [0.1, 0.15) is 11.9 Å². The van der Waals surface area contributed by atoms with Crippen molar-refractivity contribution >= 4 is 28.9 Å². The van der Waals surface area contributed by atoms with Gasteiger partial charge in [0, 0.05) is 10.7 Å². The average Bonchev–Trinajstić information content (AvgIpc) is 2.50. The molecule has 4 nitrogen and oxygen atoms in total. The molecule has 1 amide bonds. The molecular formula is C16H16ClFN2O2. The number of benzene rings is 2. The van der Waals surface area contributed by atoms with Crippen LogP contribution >= 0.6 is 11.6 Å². The Bertz CT molecular complexity index is 679. The summed E-state index contributed by atoms with van der Waals surface area (Å²) in [5.41, 5.74) is 1.51. The van der Waals surface area contributed by atoms with Crippen molar-refractivity contribution in [1.29, 1.82) is 0 Å². The largest absolute Gasteiger partial charge is 0.392 e. The van der Waals surface area contributed by atoms with Gasteiger partial charge >= 0.3 is 0 Å². The molecule has 116 valence electrons. The van der Waals surface area contributed by atoms with Crippen molar-refractivity contribution in [3.05, 3.63) is 58.9 Å². The van der Waals surface area contributed by atoms with E-state index >= 15 is 0 Å². The summed E-state index contributed by atoms with van der Waals surface area (Å²) < 4.78 is 13.7. The Kier molecular flexibility index (Phi) is 5.35. The van der Waals surface area contributed by atoms with Gasteiger partial charge in [0.2, 0.25) is 5.91 Å². The zero-order valence-corrected chi connectivity index (χ0v) is 12.7. The topological polar surface area (TPSA) is 61.4 Å². The molecular weight excluding hydrogens is 307 g/mol. The molecule has 0 fully saturated rings. The number of carbonyl (C=O) groups excluding carboxylic acids is 1. The fourth-order valence-electron chi connectivity index (χ4n) is 1.91. The minimum absolute atomic E-state index is 0.0761. The first kappa shape index (κ1) is 16.3. The van der Waals surface area contributed by atoms with Crippen molar-refractivity contribution in [2.75, 3.05) is 10.6 Å². The predicted octanol–water partition coefficient (Wildman–Crippen LogP) is 3.41. The van der Waals surface area contributed by atoms with E-state index in [4.69, 9.17) is 16.7 Å². The molecule has 0 spiro atoms. The quantitative estimate of drug-likeness (QED) is 0.790. The van der Waals surface area contributed by atoms with Gasteiger partial charge in [-0.25, -0.2) is 4.39 Å². The Labute approximate surface area is 132 Å². The number of hydrogen-bond donors (Lipinski definition) is 3. The lowest BCUT2D eigenvalue weighted by Crippen LogP contribution is -2.32. The highest BCUT2D eigenvalue weighted by atomic mass is 35.5. The third-order valence-corrected chi connectivity index (χ3v) is 3.31. The molecule has 0 aliphatic carbocycles. The van der Waals surface area contributed by atoms with Crippen molar-refractivity contribution in [2.45, 2.75) is 19.6 Å². The minimum atomic E-state index is -0.588. The Balaban J connectivity index is 2.02. The Morgan fingerprint density at radius 2 is 2.09 bits per heavy atom. The van der Waals surface area contributed by atoms with Gasteiger partial charge in [-0.15, -0.1) is 0 Å². The van der Waals surface area contributed by atoms with Gasteiger partial charge in [0.25, 0.3) is 0 Å². The van der Waals surface area contributed by atoms with Crippen LogP contribution in [-0.4, -0.2) is 17.1 Å². The molecule has 0 heterocycles. The molecule has 0 radical (unpaired) electrons. The summed E-state index contributed by atoms with van der Waals surface area (Å²) in [6.07, 6.45) is 0. The van der Waals surface area contributed by atoms with E-state index < -0.39 is 11.9 Å². The second-order valence-electron chi connectivity index (χ2n) is 4.84. The van der Waals surface area contributed by atoms with E-state index in [0.717, 1.165) is 11.6 Å².